The third kappa shape index (κ3) is 3.42. The van der Waals surface area contributed by atoms with Crippen LogP contribution in [0.15, 0.2) is 22.7 Å². The van der Waals surface area contributed by atoms with E-state index in [4.69, 9.17) is 23.2 Å². The molecular formula is C14H14BrCl2N3O. The Morgan fingerprint density at radius 2 is 2.00 bits per heavy atom. The Morgan fingerprint density at radius 3 is 2.52 bits per heavy atom. The summed E-state index contributed by atoms with van der Waals surface area (Å²) in [6.07, 6.45) is 0. The normalized spacial score (nSPS) is 12.3. The first-order valence-corrected chi connectivity index (χ1v) is 7.83. The van der Waals surface area contributed by atoms with E-state index in [2.05, 4.69) is 26.3 Å². The number of rotatable bonds is 3. The molecule has 0 saturated heterocycles. The first-order valence-electron chi connectivity index (χ1n) is 6.28. The van der Waals surface area contributed by atoms with Gasteiger partial charge in [0.2, 0.25) is 5.91 Å². The van der Waals surface area contributed by atoms with Gasteiger partial charge in [-0.25, -0.2) is 0 Å². The van der Waals surface area contributed by atoms with Gasteiger partial charge in [0.25, 0.3) is 0 Å². The van der Waals surface area contributed by atoms with E-state index < -0.39 is 6.04 Å². The zero-order valence-corrected chi connectivity index (χ0v) is 14.8. The third-order valence-corrected chi connectivity index (χ3v) is 5.06. The highest BCUT2D eigenvalue weighted by atomic mass is 79.9. The first-order chi connectivity index (χ1) is 9.81. The van der Waals surface area contributed by atoms with Crippen molar-refractivity contribution in [1.29, 1.82) is 0 Å². The van der Waals surface area contributed by atoms with Gasteiger partial charge in [0.05, 0.1) is 25.9 Å². The lowest BCUT2D eigenvalue weighted by Crippen LogP contribution is -2.25. The smallest absolute Gasteiger partial charge is 0.248 e. The predicted octanol–water partition coefficient (Wildman–Crippen LogP) is 4.77. The molecule has 1 N–H and O–H groups in total. The van der Waals surface area contributed by atoms with Crippen molar-refractivity contribution in [3.05, 3.63) is 44.1 Å². The summed E-state index contributed by atoms with van der Waals surface area (Å²) in [5, 5.41) is 8.02. The summed E-state index contributed by atoms with van der Waals surface area (Å²) in [5.74, 6) is -0.175. The van der Waals surface area contributed by atoms with E-state index in [0.29, 0.717) is 15.7 Å². The molecule has 1 amide bonds. The number of carbonyl (C=O) groups excluding carboxylic acids is 1. The van der Waals surface area contributed by atoms with Crippen LogP contribution in [0.2, 0.25) is 10.0 Å². The number of hydrogen-bond donors (Lipinski definition) is 1. The van der Waals surface area contributed by atoms with E-state index in [1.165, 1.54) is 0 Å². The van der Waals surface area contributed by atoms with Gasteiger partial charge in [-0.05, 0) is 54.9 Å². The van der Waals surface area contributed by atoms with Gasteiger partial charge in [-0.2, -0.15) is 5.10 Å². The van der Waals surface area contributed by atoms with Crippen molar-refractivity contribution < 1.29 is 4.79 Å². The number of aromatic nitrogens is 2. The minimum absolute atomic E-state index is 0.175. The van der Waals surface area contributed by atoms with E-state index in [9.17, 15) is 4.79 Å². The van der Waals surface area contributed by atoms with Gasteiger partial charge in [-0.15, -0.1) is 0 Å². The molecule has 112 valence electrons. The molecule has 7 heteroatoms. The molecule has 1 aromatic carbocycles. The molecule has 0 bridgehead atoms. The lowest BCUT2D eigenvalue weighted by molar-refractivity contribution is -0.119. The van der Waals surface area contributed by atoms with Gasteiger partial charge in [-0.1, -0.05) is 23.2 Å². The van der Waals surface area contributed by atoms with Crippen molar-refractivity contribution in [2.45, 2.75) is 26.8 Å². The van der Waals surface area contributed by atoms with Crippen LogP contribution in [0.3, 0.4) is 0 Å². The van der Waals surface area contributed by atoms with Crippen molar-refractivity contribution in [3.63, 3.8) is 0 Å². The molecule has 2 aromatic rings. The van der Waals surface area contributed by atoms with Crippen LogP contribution in [0.5, 0.6) is 0 Å². The molecule has 1 unspecified atom stereocenters. The second kappa shape index (κ2) is 6.38. The predicted molar refractivity (Wildman–Crippen MR) is 89.2 cm³/mol. The number of amides is 1. The Labute approximate surface area is 141 Å². The van der Waals surface area contributed by atoms with Crippen LogP contribution < -0.4 is 5.32 Å². The Kier molecular flexibility index (Phi) is 4.96. The standard InChI is InChI=1S/C14H14BrCl2N3O/c1-7-13(15)8(2)20(19-7)9(3)14(21)18-10-4-5-11(16)12(17)6-10/h4-6,9H,1-3H3,(H,18,21). The van der Waals surface area contributed by atoms with E-state index in [1.54, 1.807) is 29.8 Å². The van der Waals surface area contributed by atoms with E-state index in [1.807, 2.05) is 13.8 Å². The topological polar surface area (TPSA) is 46.9 Å². The summed E-state index contributed by atoms with van der Waals surface area (Å²) < 4.78 is 2.60. The summed E-state index contributed by atoms with van der Waals surface area (Å²) in [5.41, 5.74) is 2.35. The van der Waals surface area contributed by atoms with Crippen LogP contribution in [0.25, 0.3) is 0 Å². The van der Waals surface area contributed by atoms with E-state index in [0.717, 1.165) is 15.9 Å². The summed E-state index contributed by atoms with van der Waals surface area (Å²) in [7, 11) is 0. The SMILES string of the molecule is Cc1nn(C(C)C(=O)Nc2ccc(Cl)c(Cl)c2)c(C)c1Br. The summed E-state index contributed by atoms with van der Waals surface area (Å²) in [6.45, 7) is 5.59. The fourth-order valence-corrected chi connectivity index (χ4v) is 2.51. The maximum atomic E-state index is 12.3. The number of benzene rings is 1. The Balaban J connectivity index is 2.19. The van der Waals surface area contributed by atoms with E-state index in [-0.39, 0.29) is 5.91 Å². The lowest BCUT2D eigenvalue weighted by Gasteiger charge is -2.15. The van der Waals surface area contributed by atoms with Gasteiger partial charge < -0.3 is 5.32 Å². The molecule has 0 aliphatic carbocycles. The zero-order valence-electron chi connectivity index (χ0n) is 11.7. The van der Waals surface area contributed by atoms with Crippen LogP contribution in [-0.2, 0) is 4.79 Å². The molecular weight excluding hydrogens is 377 g/mol. The molecule has 0 aliphatic heterocycles. The number of carbonyl (C=O) groups is 1. The Bertz CT molecular complexity index is 700. The van der Waals surface area contributed by atoms with Gasteiger partial charge in [0.15, 0.2) is 0 Å². The number of hydrogen-bond acceptors (Lipinski definition) is 2. The Morgan fingerprint density at radius 1 is 1.33 bits per heavy atom. The minimum Gasteiger partial charge on any atom is -0.324 e. The Hall–Kier alpha value is -1.04. The molecule has 1 aromatic heterocycles. The summed E-state index contributed by atoms with van der Waals surface area (Å²) >= 11 is 15.2. The lowest BCUT2D eigenvalue weighted by atomic mass is 10.2. The fourth-order valence-electron chi connectivity index (χ4n) is 1.95. The molecule has 21 heavy (non-hydrogen) atoms. The average molecular weight is 391 g/mol. The highest BCUT2D eigenvalue weighted by molar-refractivity contribution is 9.10. The molecule has 0 fully saturated rings. The number of halogens is 3. The second-order valence-electron chi connectivity index (χ2n) is 4.72. The molecule has 0 saturated carbocycles. The summed E-state index contributed by atoms with van der Waals surface area (Å²) in [6, 6.07) is 4.52. The van der Waals surface area contributed by atoms with Crippen molar-refractivity contribution in [1.82, 2.24) is 9.78 Å². The van der Waals surface area contributed by atoms with Crippen molar-refractivity contribution in [3.8, 4) is 0 Å². The van der Waals surface area contributed by atoms with Crippen LogP contribution in [0, 0.1) is 13.8 Å². The van der Waals surface area contributed by atoms with Crippen molar-refractivity contribution in [2.24, 2.45) is 0 Å². The van der Waals surface area contributed by atoms with Crippen LogP contribution in [-0.4, -0.2) is 15.7 Å². The molecule has 0 spiro atoms. The maximum absolute atomic E-state index is 12.3. The van der Waals surface area contributed by atoms with Gasteiger partial charge >= 0.3 is 0 Å². The number of aryl methyl sites for hydroxylation is 1. The minimum atomic E-state index is -0.440. The molecule has 1 atom stereocenters. The van der Waals surface area contributed by atoms with Crippen molar-refractivity contribution >= 4 is 50.7 Å². The molecule has 0 radical (unpaired) electrons. The maximum Gasteiger partial charge on any atom is 0.248 e. The highest BCUT2D eigenvalue weighted by Crippen LogP contribution is 2.26. The molecule has 0 aliphatic rings. The summed E-state index contributed by atoms with van der Waals surface area (Å²) in [4.78, 5) is 12.3. The first kappa shape index (κ1) is 16.3. The van der Waals surface area contributed by atoms with Crippen LogP contribution in [0.1, 0.15) is 24.4 Å². The van der Waals surface area contributed by atoms with Gasteiger partial charge in [-0.3, -0.25) is 9.48 Å². The van der Waals surface area contributed by atoms with Crippen molar-refractivity contribution in [2.75, 3.05) is 5.32 Å². The van der Waals surface area contributed by atoms with E-state index >= 15 is 0 Å². The molecule has 4 nitrogen and oxygen atoms in total. The van der Waals surface area contributed by atoms with Crippen LogP contribution in [0.4, 0.5) is 5.69 Å². The second-order valence-corrected chi connectivity index (χ2v) is 6.33. The largest absolute Gasteiger partial charge is 0.324 e. The number of anilines is 1. The number of nitrogens with one attached hydrogen (secondary N) is 1. The van der Waals surface area contributed by atoms with Gasteiger partial charge in [0.1, 0.15) is 6.04 Å². The van der Waals surface area contributed by atoms with Crippen LogP contribution >= 0.6 is 39.1 Å². The highest BCUT2D eigenvalue weighted by Gasteiger charge is 2.20. The average Bonchev–Trinajstić information content (AvgIpc) is 2.69. The zero-order chi connectivity index (χ0) is 15.7. The fraction of sp³-hybridized carbons (Fsp3) is 0.286. The van der Waals surface area contributed by atoms with Gasteiger partial charge in [0, 0.05) is 5.69 Å². The molecule has 2 rings (SSSR count). The molecule has 1 heterocycles. The monoisotopic (exact) mass is 389 g/mol. The number of nitrogens with zero attached hydrogens (tertiary/aromatic N) is 2. The third-order valence-electron chi connectivity index (χ3n) is 3.17. The quantitative estimate of drug-likeness (QED) is 0.820.